The molecule has 0 saturated carbocycles. The zero-order valence-electron chi connectivity index (χ0n) is 6.72. The van der Waals surface area contributed by atoms with Gasteiger partial charge in [0.2, 0.25) is 0 Å². The normalized spacial score (nSPS) is 13.3. The molecule has 0 aromatic carbocycles. The van der Waals surface area contributed by atoms with Crippen LogP contribution >= 0.6 is 0 Å². The van der Waals surface area contributed by atoms with E-state index in [0.29, 0.717) is 5.92 Å². The first-order valence-corrected chi connectivity index (χ1v) is 3.77. The molecule has 0 fully saturated rings. The molecule has 0 saturated heterocycles. The van der Waals surface area contributed by atoms with Crippen LogP contribution in [0.4, 0.5) is 0 Å². The lowest BCUT2D eigenvalue weighted by Gasteiger charge is -2.02. The summed E-state index contributed by atoms with van der Waals surface area (Å²) in [5.74, 6) is 0.531. The fraction of sp³-hybridized carbons (Fsp3) is 0.400. The minimum absolute atomic E-state index is 0.531. The molecule has 56 valence electrons. The van der Waals surface area contributed by atoms with Crippen molar-refractivity contribution in [2.45, 2.75) is 19.8 Å². The fourth-order valence-corrected chi connectivity index (χ4v) is 0.847. The van der Waals surface area contributed by atoms with Crippen molar-refractivity contribution in [1.29, 1.82) is 0 Å². The van der Waals surface area contributed by atoms with Gasteiger partial charge in [-0.05, 0) is 12.3 Å². The molecule has 0 aliphatic carbocycles. The van der Waals surface area contributed by atoms with E-state index < -0.39 is 0 Å². The van der Waals surface area contributed by atoms with E-state index in [9.17, 15) is 0 Å². The standard InChI is InChI=1S/C10H16/c1-4-7-9-10(6-3)8-5-2/h4,6-7,9-10H,1,3,5,8H2,2H3. The van der Waals surface area contributed by atoms with Crippen molar-refractivity contribution in [3.8, 4) is 0 Å². The average Bonchev–Trinajstić information content (AvgIpc) is 1.98. The summed E-state index contributed by atoms with van der Waals surface area (Å²) in [6.07, 6.45) is 10.3. The van der Waals surface area contributed by atoms with Gasteiger partial charge >= 0.3 is 0 Å². The van der Waals surface area contributed by atoms with Gasteiger partial charge in [0.15, 0.2) is 0 Å². The third kappa shape index (κ3) is 4.13. The molecule has 0 nitrogen and oxygen atoms in total. The van der Waals surface area contributed by atoms with Gasteiger partial charge < -0.3 is 0 Å². The molecule has 0 aliphatic heterocycles. The SMILES string of the molecule is C=CC=CC(C=C)CCC. The number of rotatable bonds is 5. The van der Waals surface area contributed by atoms with Gasteiger partial charge in [0.25, 0.3) is 0 Å². The molecule has 0 rings (SSSR count). The Morgan fingerprint density at radius 1 is 1.40 bits per heavy atom. The smallest absolute Gasteiger partial charge is 0.00532 e. The molecular formula is C10H16. The predicted octanol–water partition coefficient (Wildman–Crippen LogP) is 3.33. The minimum Gasteiger partial charge on any atom is -0.102 e. The maximum absolute atomic E-state index is 3.75. The zero-order chi connectivity index (χ0) is 7.82. The maximum atomic E-state index is 3.75. The van der Waals surface area contributed by atoms with E-state index in [2.05, 4.69) is 26.2 Å². The Hall–Kier alpha value is -0.780. The summed E-state index contributed by atoms with van der Waals surface area (Å²) in [4.78, 5) is 0. The Bertz CT molecular complexity index is 120. The van der Waals surface area contributed by atoms with E-state index in [4.69, 9.17) is 0 Å². The van der Waals surface area contributed by atoms with Crippen LogP contribution in [0.25, 0.3) is 0 Å². The molecule has 0 aromatic heterocycles. The molecule has 0 N–H and O–H groups in total. The van der Waals surface area contributed by atoms with Crippen molar-refractivity contribution in [3.63, 3.8) is 0 Å². The molecule has 0 radical (unpaired) electrons. The van der Waals surface area contributed by atoms with E-state index >= 15 is 0 Å². The molecule has 1 unspecified atom stereocenters. The zero-order valence-corrected chi connectivity index (χ0v) is 6.72. The first-order valence-electron chi connectivity index (χ1n) is 3.77. The quantitative estimate of drug-likeness (QED) is 0.401. The summed E-state index contributed by atoms with van der Waals surface area (Å²) in [7, 11) is 0. The summed E-state index contributed by atoms with van der Waals surface area (Å²) < 4.78 is 0. The summed E-state index contributed by atoms with van der Waals surface area (Å²) >= 11 is 0. The molecule has 0 heteroatoms. The summed E-state index contributed by atoms with van der Waals surface area (Å²) in [6.45, 7) is 9.53. The highest BCUT2D eigenvalue weighted by Gasteiger charge is 1.94. The lowest BCUT2D eigenvalue weighted by molar-refractivity contribution is 0.692. The van der Waals surface area contributed by atoms with Crippen LogP contribution in [-0.4, -0.2) is 0 Å². The molecule has 1 atom stereocenters. The molecule has 0 bridgehead atoms. The average molecular weight is 136 g/mol. The maximum Gasteiger partial charge on any atom is -0.00532 e. The highest BCUT2D eigenvalue weighted by atomic mass is 14.0. The molecular weight excluding hydrogens is 120 g/mol. The van der Waals surface area contributed by atoms with Crippen LogP contribution in [0.15, 0.2) is 37.5 Å². The van der Waals surface area contributed by atoms with Gasteiger partial charge in [-0.2, -0.15) is 0 Å². The summed E-state index contributed by atoms with van der Waals surface area (Å²) in [5, 5.41) is 0. The Morgan fingerprint density at radius 3 is 2.50 bits per heavy atom. The Labute approximate surface area is 64.0 Å². The van der Waals surface area contributed by atoms with E-state index in [1.165, 1.54) is 12.8 Å². The predicted molar refractivity (Wildman–Crippen MR) is 47.9 cm³/mol. The second-order valence-electron chi connectivity index (χ2n) is 2.31. The first-order chi connectivity index (χ1) is 4.85. The minimum atomic E-state index is 0.531. The van der Waals surface area contributed by atoms with Gasteiger partial charge in [0.1, 0.15) is 0 Å². The number of allylic oxidation sites excluding steroid dienone is 4. The van der Waals surface area contributed by atoms with Crippen LogP contribution in [0.5, 0.6) is 0 Å². The molecule has 0 heterocycles. The van der Waals surface area contributed by atoms with Crippen LogP contribution in [-0.2, 0) is 0 Å². The third-order valence-electron chi connectivity index (χ3n) is 1.42. The van der Waals surface area contributed by atoms with Gasteiger partial charge in [-0.3, -0.25) is 0 Å². The van der Waals surface area contributed by atoms with Gasteiger partial charge in [0, 0.05) is 0 Å². The third-order valence-corrected chi connectivity index (χ3v) is 1.42. The first kappa shape index (κ1) is 9.22. The number of hydrogen-bond donors (Lipinski definition) is 0. The van der Waals surface area contributed by atoms with Crippen molar-refractivity contribution >= 4 is 0 Å². The van der Waals surface area contributed by atoms with Gasteiger partial charge in [0.05, 0.1) is 0 Å². The highest BCUT2D eigenvalue weighted by molar-refractivity contribution is 5.04. The second kappa shape index (κ2) is 6.34. The van der Waals surface area contributed by atoms with Crippen LogP contribution in [0.1, 0.15) is 19.8 Å². The van der Waals surface area contributed by atoms with Crippen molar-refractivity contribution < 1.29 is 0 Å². The van der Waals surface area contributed by atoms with E-state index in [0.717, 1.165) is 0 Å². The van der Waals surface area contributed by atoms with Gasteiger partial charge in [-0.1, -0.05) is 44.2 Å². The van der Waals surface area contributed by atoms with E-state index in [-0.39, 0.29) is 0 Å². The van der Waals surface area contributed by atoms with E-state index in [1.807, 2.05) is 12.2 Å². The lowest BCUT2D eigenvalue weighted by atomic mass is 10.0. The molecule has 0 spiro atoms. The van der Waals surface area contributed by atoms with Crippen molar-refractivity contribution in [2.75, 3.05) is 0 Å². The second-order valence-corrected chi connectivity index (χ2v) is 2.31. The van der Waals surface area contributed by atoms with Crippen LogP contribution in [0, 0.1) is 5.92 Å². The Morgan fingerprint density at radius 2 is 2.10 bits per heavy atom. The lowest BCUT2D eigenvalue weighted by Crippen LogP contribution is -1.88. The highest BCUT2D eigenvalue weighted by Crippen LogP contribution is 2.08. The Kier molecular flexibility index (Phi) is 5.85. The topological polar surface area (TPSA) is 0 Å². The monoisotopic (exact) mass is 136 g/mol. The molecule has 0 aliphatic rings. The molecule has 0 amide bonds. The van der Waals surface area contributed by atoms with Crippen molar-refractivity contribution in [3.05, 3.63) is 37.5 Å². The van der Waals surface area contributed by atoms with Gasteiger partial charge in [-0.15, -0.1) is 6.58 Å². The van der Waals surface area contributed by atoms with Crippen molar-refractivity contribution in [2.24, 2.45) is 5.92 Å². The van der Waals surface area contributed by atoms with Crippen molar-refractivity contribution in [1.82, 2.24) is 0 Å². The summed E-state index contributed by atoms with van der Waals surface area (Å²) in [6, 6.07) is 0. The fourth-order valence-electron chi connectivity index (χ4n) is 0.847. The van der Waals surface area contributed by atoms with Crippen LogP contribution in [0.3, 0.4) is 0 Å². The van der Waals surface area contributed by atoms with E-state index in [1.54, 1.807) is 6.08 Å². The molecule has 0 aromatic rings. The van der Waals surface area contributed by atoms with Crippen LogP contribution < -0.4 is 0 Å². The summed E-state index contributed by atoms with van der Waals surface area (Å²) in [5.41, 5.74) is 0. The van der Waals surface area contributed by atoms with Crippen LogP contribution in [0.2, 0.25) is 0 Å². The largest absolute Gasteiger partial charge is 0.102 e. The Balaban J connectivity index is 3.69. The molecule has 10 heavy (non-hydrogen) atoms. The number of hydrogen-bond acceptors (Lipinski definition) is 0. The van der Waals surface area contributed by atoms with Gasteiger partial charge in [-0.25, -0.2) is 0 Å².